The van der Waals surface area contributed by atoms with E-state index in [0.29, 0.717) is 5.89 Å². The average molecular weight is 304 g/mol. The molecule has 6 nitrogen and oxygen atoms in total. The van der Waals surface area contributed by atoms with Crippen molar-refractivity contribution in [2.45, 2.75) is 0 Å². The normalized spacial score (nSPS) is 10.3. The number of rotatable bonds is 3. The number of benzene rings is 1. The summed E-state index contributed by atoms with van der Waals surface area (Å²) in [6, 6.07) is 6.92. The van der Waals surface area contributed by atoms with Gasteiger partial charge in [-0.2, -0.15) is 11.3 Å². The molecular formula is C13H9FN4O2S. The fourth-order valence-electron chi connectivity index (χ4n) is 1.59. The van der Waals surface area contributed by atoms with Crippen LogP contribution in [0.25, 0.3) is 11.5 Å². The first-order chi connectivity index (χ1) is 10.2. The van der Waals surface area contributed by atoms with Gasteiger partial charge in [0.05, 0.1) is 5.69 Å². The number of anilines is 2. The van der Waals surface area contributed by atoms with Crippen molar-refractivity contribution in [1.29, 1.82) is 0 Å². The highest BCUT2D eigenvalue weighted by Gasteiger charge is 2.12. The molecule has 8 heteroatoms. The molecule has 3 aromatic rings. The Balaban J connectivity index is 1.67. The van der Waals surface area contributed by atoms with Crippen LogP contribution < -0.4 is 10.6 Å². The second kappa shape index (κ2) is 5.71. The van der Waals surface area contributed by atoms with Gasteiger partial charge in [0.1, 0.15) is 5.82 Å². The quantitative estimate of drug-likeness (QED) is 0.775. The number of hydrogen-bond acceptors (Lipinski definition) is 5. The molecule has 0 bridgehead atoms. The van der Waals surface area contributed by atoms with E-state index in [-0.39, 0.29) is 11.7 Å². The number of carbonyl (C=O) groups excluding carboxylic acids is 1. The predicted molar refractivity (Wildman–Crippen MR) is 76.7 cm³/mol. The molecule has 0 unspecified atom stereocenters. The predicted octanol–water partition coefficient (Wildman–Crippen LogP) is 3.58. The lowest BCUT2D eigenvalue weighted by atomic mass is 10.3. The van der Waals surface area contributed by atoms with Gasteiger partial charge in [-0.3, -0.25) is 5.32 Å². The zero-order valence-corrected chi connectivity index (χ0v) is 11.4. The number of amides is 2. The molecule has 2 amide bonds. The third kappa shape index (κ3) is 3.06. The zero-order valence-electron chi connectivity index (χ0n) is 10.5. The number of para-hydroxylation sites is 1. The Kier molecular flexibility index (Phi) is 3.61. The van der Waals surface area contributed by atoms with Gasteiger partial charge in [0, 0.05) is 10.9 Å². The molecule has 2 N–H and O–H groups in total. The summed E-state index contributed by atoms with van der Waals surface area (Å²) in [6.45, 7) is 0. The van der Waals surface area contributed by atoms with E-state index in [2.05, 4.69) is 20.8 Å². The van der Waals surface area contributed by atoms with E-state index in [1.165, 1.54) is 29.5 Å². The second-order valence-electron chi connectivity index (χ2n) is 3.98. The lowest BCUT2D eigenvalue weighted by molar-refractivity contribution is 0.261. The lowest BCUT2D eigenvalue weighted by Gasteiger charge is -2.04. The van der Waals surface area contributed by atoms with Crippen molar-refractivity contribution in [3.05, 3.63) is 46.9 Å². The highest BCUT2D eigenvalue weighted by molar-refractivity contribution is 7.08. The smallest absolute Gasteiger partial charge is 0.327 e. The molecule has 1 aromatic carbocycles. The number of hydrogen-bond donors (Lipinski definition) is 2. The van der Waals surface area contributed by atoms with Crippen molar-refractivity contribution in [2.75, 3.05) is 10.6 Å². The Morgan fingerprint density at radius 1 is 1.19 bits per heavy atom. The summed E-state index contributed by atoms with van der Waals surface area (Å²) in [5, 5.41) is 15.9. The van der Waals surface area contributed by atoms with E-state index in [0.717, 1.165) is 5.56 Å². The molecule has 0 fully saturated rings. The van der Waals surface area contributed by atoms with Crippen LogP contribution in [0.5, 0.6) is 0 Å². The number of halogens is 1. The zero-order chi connectivity index (χ0) is 14.7. The van der Waals surface area contributed by atoms with Gasteiger partial charge in [0.25, 0.3) is 5.89 Å². The second-order valence-corrected chi connectivity index (χ2v) is 4.76. The van der Waals surface area contributed by atoms with Crippen molar-refractivity contribution >= 4 is 29.1 Å². The number of urea groups is 1. The first-order valence-corrected chi connectivity index (χ1v) is 6.85. The van der Waals surface area contributed by atoms with Crippen LogP contribution >= 0.6 is 11.3 Å². The third-order valence-corrected chi connectivity index (χ3v) is 3.22. The van der Waals surface area contributed by atoms with E-state index < -0.39 is 11.8 Å². The van der Waals surface area contributed by atoms with Crippen molar-refractivity contribution in [1.82, 2.24) is 10.2 Å². The van der Waals surface area contributed by atoms with Crippen LogP contribution in [-0.2, 0) is 0 Å². The molecule has 21 heavy (non-hydrogen) atoms. The molecule has 0 atom stereocenters. The van der Waals surface area contributed by atoms with Crippen LogP contribution in [0.3, 0.4) is 0 Å². The third-order valence-electron chi connectivity index (χ3n) is 2.54. The number of carbonyl (C=O) groups is 1. The lowest BCUT2D eigenvalue weighted by Crippen LogP contribution is -2.20. The number of nitrogens with zero attached hydrogens (tertiary/aromatic N) is 2. The summed E-state index contributed by atoms with van der Waals surface area (Å²) in [6.07, 6.45) is 0. The first-order valence-electron chi connectivity index (χ1n) is 5.91. The van der Waals surface area contributed by atoms with E-state index in [9.17, 15) is 9.18 Å². The Morgan fingerprint density at radius 2 is 2.05 bits per heavy atom. The van der Waals surface area contributed by atoms with E-state index >= 15 is 0 Å². The molecule has 0 spiro atoms. The minimum Gasteiger partial charge on any atom is -0.403 e. The van der Waals surface area contributed by atoms with Gasteiger partial charge < -0.3 is 9.73 Å². The van der Waals surface area contributed by atoms with Gasteiger partial charge in [0.2, 0.25) is 0 Å². The Labute approximate surface area is 122 Å². The van der Waals surface area contributed by atoms with E-state index in [4.69, 9.17) is 4.42 Å². The maximum absolute atomic E-state index is 13.4. The largest absolute Gasteiger partial charge is 0.403 e. The molecule has 3 rings (SSSR count). The highest BCUT2D eigenvalue weighted by Crippen LogP contribution is 2.22. The van der Waals surface area contributed by atoms with Gasteiger partial charge in [-0.15, -0.1) is 5.10 Å². The van der Waals surface area contributed by atoms with Crippen LogP contribution in [-0.4, -0.2) is 16.2 Å². The molecular weight excluding hydrogens is 295 g/mol. The summed E-state index contributed by atoms with van der Waals surface area (Å²) in [5.41, 5.74) is 0.836. The fourth-order valence-corrected chi connectivity index (χ4v) is 2.22. The molecule has 0 aliphatic carbocycles. The molecule has 0 aliphatic rings. The van der Waals surface area contributed by atoms with E-state index in [1.807, 2.05) is 16.8 Å². The molecule has 0 aliphatic heterocycles. The Bertz CT molecular complexity index is 757. The van der Waals surface area contributed by atoms with Crippen molar-refractivity contribution in [3.63, 3.8) is 0 Å². The van der Waals surface area contributed by atoms with E-state index in [1.54, 1.807) is 6.07 Å². The fraction of sp³-hybridized carbons (Fsp3) is 0. The topological polar surface area (TPSA) is 80.1 Å². The minimum absolute atomic E-state index is 0.0626. The standard InChI is InChI=1S/C13H9FN4O2S/c14-9-3-1-2-4-10(9)15-12(19)16-13-18-17-11(20-13)8-5-6-21-7-8/h1-7H,(H2,15,16,18,19). The Hall–Kier alpha value is -2.74. The Morgan fingerprint density at radius 3 is 2.81 bits per heavy atom. The van der Waals surface area contributed by atoms with Gasteiger partial charge >= 0.3 is 12.0 Å². The van der Waals surface area contributed by atoms with Gasteiger partial charge in [0.15, 0.2) is 0 Å². The number of aromatic nitrogens is 2. The molecule has 2 aromatic heterocycles. The highest BCUT2D eigenvalue weighted by atomic mass is 32.1. The van der Waals surface area contributed by atoms with Gasteiger partial charge in [-0.05, 0) is 23.6 Å². The minimum atomic E-state index is -0.666. The molecule has 0 saturated carbocycles. The number of thiophene rings is 1. The molecule has 2 heterocycles. The van der Waals surface area contributed by atoms with Crippen molar-refractivity contribution in [3.8, 4) is 11.5 Å². The molecule has 0 radical (unpaired) electrons. The molecule has 106 valence electrons. The van der Waals surface area contributed by atoms with Crippen molar-refractivity contribution < 1.29 is 13.6 Å². The summed E-state index contributed by atoms with van der Waals surface area (Å²) >= 11 is 1.49. The summed E-state index contributed by atoms with van der Waals surface area (Å²) in [7, 11) is 0. The maximum Gasteiger partial charge on any atom is 0.327 e. The molecule has 0 saturated heterocycles. The van der Waals surface area contributed by atoms with Gasteiger partial charge in [-0.25, -0.2) is 9.18 Å². The van der Waals surface area contributed by atoms with Gasteiger partial charge in [-0.1, -0.05) is 17.2 Å². The average Bonchev–Trinajstić information content (AvgIpc) is 3.12. The monoisotopic (exact) mass is 304 g/mol. The SMILES string of the molecule is O=C(Nc1nnc(-c2ccsc2)o1)Nc1ccccc1F. The maximum atomic E-state index is 13.4. The summed E-state index contributed by atoms with van der Waals surface area (Å²) < 4.78 is 18.7. The first kappa shape index (κ1) is 13.3. The van der Waals surface area contributed by atoms with Crippen LogP contribution in [0.15, 0.2) is 45.5 Å². The summed E-state index contributed by atoms with van der Waals surface area (Å²) in [4.78, 5) is 11.7. The van der Waals surface area contributed by atoms with Crippen LogP contribution in [0.4, 0.5) is 20.9 Å². The number of nitrogens with one attached hydrogen (secondary N) is 2. The van der Waals surface area contributed by atoms with Crippen LogP contribution in [0, 0.1) is 5.82 Å². The van der Waals surface area contributed by atoms with Crippen LogP contribution in [0.2, 0.25) is 0 Å². The van der Waals surface area contributed by atoms with Crippen LogP contribution in [0.1, 0.15) is 0 Å². The summed E-state index contributed by atoms with van der Waals surface area (Å²) in [5.74, 6) is -0.227. The van der Waals surface area contributed by atoms with Crippen molar-refractivity contribution in [2.24, 2.45) is 0 Å².